The molecule has 3 unspecified atom stereocenters. The molecule has 0 aromatic carbocycles. The summed E-state index contributed by atoms with van der Waals surface area (Å²) in [6.07, 6.45) is 14.4. The molecule has 33 heavy (non-hydrogen) atoms. The van der Waals surface area contributed by atoms with Crippen LogP contribution in [0.15, 0.2) is 12.2 Å². The maximum absolute atomic E-state index is 10.9. The van der Waals surface area contributed by atoms with E-state index in [4.69, 9.17) is 0 Å². The third kappa shape index (κ3) is 2.98. The van der Waals surface area contributed by atoms with Crippen LogP contribution in [0.4, 0.5) is 0 Å². The number of hydrogen-bond acceptors (Lipinski definition) is 2. The van der Waals surface area contributed by atoms with E-state index < -0.39 is 0 Å². The fourth-order valence-electron chi connectivity index (χ4n) is 11.3. The molecule has 0 radical (unpaired) electrons. The van der Waals surface area contributed by atoms with E-state index >= 15 is 0 Å². The molecule has 2 spiro atoms. The van der Waals surface area contributed by atoms with Gasteiger partial charge in [-0.2, -0.15) is 0 Å². The first-order chi connectivity index (χ1) is 15.4. The van der Waals surface area contributed by atoms with Gasteiger partial charge in [0.1, 0.15) is 0 Å². The van der Waals surface area contributed by atoms with Crippen molar-refractivity contribution in [2.45, 2.75) is 118 Å². The Morgan fingerprint density at radius 1 is 0.879 bits per heavy atom. The second kappa shape index (κ2) is 7.58. The van der Waals surface area contributed by atoms with Gasteiger partial charge in [-0.05, 0) is 127 Å². The first kappa shape index (κ1) is 24.4. The van der Waals surface area contributed by atoms with Crippen molar-refractivity contribution in [1.82, 2.24) is 0 Å². The van der Waals surface area contributed by atoms with Gasteiger partial charge in [0.15, 0.2) is 0 Å². The van der Waals surface area contributed by atoms with Gasteiger partial charge in [0.2, 0.25) is 0 Å². The predicted octanol–water partition coefficient (Wildman–Crippen LogP) is 7.39. The minimum Gasteiger partial charge on any atom is -0.396 e. The lowest BCUT2D eigenvalue weighted by Gasteiger charge is -2.63. The largest absolute Gasteiger partial charge is 0.396 e. The second-order valence-electron chi connectivity index (χ2n) is 14.8. The van der Waals surface area contributed by atoms with Gasteiger partial charge in [-0.3, -0.25) is 0 Å². The van der Waals surface area contributed by atoms with Crippen molar-refractivity contribution in [3.05, 3.63) is 12.2 Å². The smallest absolute Gasteiger partial charge is 0.0594 e. The van der Waals surface area contributed by atoms with Crippen LogP contribution in [-0.2, 0) is 0 Å². The van der Waals surface area contributed by atoms with Crippen LogP contribution in [0, 0.1) is 56.7 Å². The molecule has 5 aliphatic rings. The first-order valence-electron chi connectivity index (χ1n) is 14.4. The fourth-order valence-corrected chi connectivity index (χ4v) is 11.3. The normalized spacial score (nSPS) is 51.5. The Morgan fingerprint density at radius 2 is 1.55 bits per heavy atom. The number of hydrogen-bond donors (Lipinski definition) is 2. The summed E-state index contributed by atoms with van der Waals surface area (Å²) in [6, 6.07) is 0. The molecule has 0 saturated heterocycles. The van der Waals surface area contributed by atoms with Gasteiger partial charge < -0.3 is 10.2 Å². The van der Waals surface area contributed by atoms with Gasteiger partial charge in [-0.1, -0.05) is 53.7 Å². The highest BCUT2D eigenvalue weighted by molar-refractivity contribution is 5.30. The van der Waals surface area contributed by atoms with E-state index in [-0.39, 0.29) is 24.0 Å². The van der Waals surface area contributed by atoms with E-state index in [1.54, 1.807) is 0 Å². The van der Waals surface area contributed by atoms with Crippen molar-refractivity contribution in [3.63, 3.8) is 0 Å². The van der Waals surface area contributed by atoms with Gasteiger partial charge in [-0.15, -0.1) is 0 Å². The van der Waals surface area contributed by atoms with Crippen LogP contribution in [0.3, 0.4) is 0 Å². The Labute approximate surface area is 204 Å². The zero-order valence-electron chi connectivity index (χ0n) is 22.6. The van der Waals surface area contributed by atoms with E-state index in [0.717, 1.165) is 36.5 Å². The lowest BCUT2D eigenvalue weighted by atomic mass is 9.41. The molecule has 0 heterocycles. The number of fused-ring (bicyclic) bond motifs is 2. The summed E-state index contributed by atoms with van der Waals surface area (Å²) in [6.45, 7) is 19.3. The van der Waals surface area contributed by atoms with Crippen LogP contribution in [0.1, 0.15) is 112 Å². The Hall–Kier alpha value is -0.340. The monoisotopic (exact) mass is 456 g/mol. The predicted molar refractivity (Wildman–Crippen MR) is 137 cm³/mol. The molecule has 188 valence electrons. The topological polar surface area (TPSA) is 40.5 Å². The van der Waals surface area contributed by atoms with E-state index in [1.165, 1.54) is 63.4 Å². The van der Waals surface area contributed by atoms with Gasteiger partial charge in [0, 0.05) is 6.61 Å². The van der Waals surface area contributed by atoms with Gasteiger partial charge in [0.05, 0.1) is 6.10 Å². The van der Waals surface area contributed by atoms with Crippen LogP contribution in [-0.4, -0.2) is 22.9 Å². The Morgan fingerprint density at radius 3 is 2.24 bits per heavy atom. The van der Waals surface area contributed by atoms with Crippen molar-refractivity contribution in [3.8, 4) is 0 Å². The molecule has 0 bridgehead atoms. The molecule has 5 aliphatic carbocycles. The third-order valence-electron chi connectivity index (χ3n) is 13.7. The lowest BCUT2D eigenvalue weighted by Crippen LogP contribution is -2.57. The van der Waals surface area contributed by atoms with Gasteiger partial charge in [0.25, 0.3) is 0 Å². The standard InChI is InChI=1S/C31H52O2/c1-20(22(3)18-32)8-9-21(2)23-12-14-29(7)25-11-10-24-27(4,5)26(33)13-15-30(24)19-31(25,30)17-16-28(23,29)6/h21-26,32-33H,1,8-19H2,2-7H3/t21-,22?,23-,24?,25?,26+,28-,29+,30-,31+/m1/s1. The molecule has 2 heteroatoms. The molecule has 2 nitrogen and oxygen atoms in total. The molecular formula is C31H52O2. The summed E-state index contributed by atoms with van der Waals surface area (Å²) < 4.78 is 0. The molecule has 2 N–H and O–H groups in total. The summed E-state index contributed by atoms with van der Waals surface area (Å²) in [5.74, 6) is 3.42. The Kier molecular flexibility index (Phi) is 5.60. The van der Waals surface area contributed by atoms with Crippen LogP contribution in [0.5, 0.6) is 0 Å². The summed E-state index contributed by atoms with van der Waals surface area (Å²) in [4.78, 5) is 0. The number of aliphatic hydroxyl groups excluding tert-OH is 2. The SMILES string of the molecule is C=C(CC[C@@H](C)[C@H]1CC[C@@]2(C)C3CCC4C(C)(C)[C@@H](O)CC[C@@]45C[C@@]35CC[C@]12C)C(C)CO. The quantitative estimate of drug-likeness (QED) is 0.409. The van der Waals surface area contributed by atoms with Crippen molar-refractivity contribution in [1.29, 1.82) is 0 Å². The van der Waals surface area contributed by atoms with Crippen LogP contribution in [0.2, 0.25) is 0 Å². The fraction of sp³-hybridized carbons (Fsp3) is 0.935. The molecule has 0 amide bonds. The van der Waals surface area contributed by atoms with E-state index in [2.05, 4.69) is 48.1 Å². The molecule has 5 fully saturated rings. The molecule has 0 aromatic rings. The van der Waals surface area contributed by atoms with Crippen molar-refractivity contribution in [2.75, 3.05) is 6.61 Å². The van der Waals surface area contributed by atoms with Gasteiger partial charge >= 0.3 is 0 Å². The van der Waals surface area contributed by atoms with E-state index in [0.29, 0.717) is 21.7 Å². The summed E-state index contributed by atoms with van der Waals surface area (Å²) in [5.41, 5.74) is 3.41. The van der Waals surface area contributed by atoms with Crippen molar-refractivity contribution >= 4 is 0 Å². The molecular weight excluding hydrogens is 404 g/mol. The second-order valence-corrected chi connectivity index (χ2v) is 14.8. The number of aliphatic hydroxyl groups is 2. The highest BCUT2D eigenvalue weighted by atomic mass is 16.3. The Balaban J connectivity index is 1.36. The average molecular weight is 457 g/mol. The van der Waals surface area contributed by atoms with E-state index in [1.807, 2.05) is 0 Å². The van der Waals surface area contributed by atoms with Crippen LogP contribution >= 0.6 is 0 Å². The molecule has 0 aromatic heterocycles. The molecule has 0 aliphatic heterocycles. The molecule has 5 saturated carbocycles. The lowest BCUT2D eigenvalue weighted by molar-refractivity contribution is -0.161. The average Bonchev–Trinajstić information content (AvgIpc) is 3.36. The van der Waals surface area contributed by atoms with Crippen molar-refractivity contribution < 1.29 is 10.2 Å². The Bertz CT molecular complexity index is 801. The summed E-state index contributed by atoms with van der Waals surface area (Å²) >= 11 is 0. The maximum Gasteiger partial charge on any atom is 0.0594 e. The minimum absolute atomic E-state index is 0.0925. The third-order valence-corrected chi connectivity index (χ3v) is 13.7. The highest BCUT2D eigenvalue weighted by Crippen LogP contribution is 2.89. The molecule has 5 rings (SSSR count). The highest BCUT2D eigenvalue weighted by Gasteiger charge is 2.82. The van der Waals surface area contributed by atoms with Crippen LogP contribution in [0.25, 0.3) is 0 Å². The molecule has 10 atom stereocenters. The van der Waals surface area contributed by atoms with Crippen molar-refractivity contribution in [2.24, 2.45) is 56.7 Å². The summed E-state index contributed by atoms with van der Waals surface area (Å²) in [7, 11) is 0. The first-order valence-corrected chi connectivity index (χ1v) is 14.4. The minimum atomic E-state index is -0.105. The van der Waals surface area contributed by atoms with Gasteiger partial charge in [-0.25, -0.2) is 0 Å². The van der Waals surface area contributed by atoms with Crippen LogP contribution < -0.4 is 0 Å². The zero-order valence-corrected chi connectivity index (χ0v) is 22.6. The summed E-state index contributed by atoms with van der Waals surface area (Å²) in [5, 5.41) is 20.4. The zero-order chi connectivity index (χ0) is 24.0. The number of rotatable bonds is 6. The van der Waals surface area contributed by atoms with E-state index in [9.17, 15) is 10.2 Å². The maximum atomic E-state index is 10.9.